The van der Waals surface area contributed by atoms with E-state index in [4.69, 9.17) is 19.0 Å². The minimum Gasteiger partial charge on any atom is -0.493 e. The summed E-state index contributed by atoms with van der Waals surface area (Å²) in [5.41, 5.74) is 6.93. The molecule has 6 heteroatoms. The summed E-state index contributed by atoms with van der Waals surface area (Å²) in [4.78, 5) is 7.97. The van der Waals surface area contributed by atoms with Crippen molar-refractivity contribution >= 4 is 5.70 Å². The number of fused-ring (bicyclic) bond motifs is 2. The van der Waals surface area contributed by atoms with E-state index in [1.54, 1.807) is 14.2 Å². The molecule has 1 aliphatic carbocycles. The minimum absolute atomic E-state index is 0.483. The SMILES string of the molecule is COc1ccc2c(c1OC)OC1(c3ccccc3)CC1=C2NOCCCN(C)C. The molecule has 2 aromatic carbocycles. The van der Waals surface area contributed by atoms with Crippen LogP contribution in [-0.2, 0) is 10.4 Å². The Morgan fingerprint density at radius 2 is 1.86 bits per heavy atom. The van der Waals surface area contributed by atoms with Crippen LogP contribution in [0.3, 0.4) is 0 Å². The van der Waals surface area contributed by atoms with Crippen LogP contribution < -0.4 is 19.7 Å². The highest BCUT2D eigenvalue weighted by Crippen LogP contribution is 2.63. The fourth-order valence-electron chi connectivity index (χ4n) is 3.86. The first-order valence-corrected chi connectivity index (χ1v) is 9.86. The van der Waals surface area contributed by atoms with Crippen molar-refractivity contribution in [2.75, 3.05) is 41.5 Å². The molecule has 1 unspecified atom stereocenters. The average molecular weight is 396 g/mol. The molecule has 1 heterocycles. The van der Waals surface area contributed by atoms with Crippen molar-refractivity contribution < 1.29 is 19.0 Å². The minimum atomic E-state index is -0.483. The monoisotopic (exact) mass is 396 g/mol. The summed E-state index contributed by atoms with van der Waals surface area (Å²) in [5, 5.41) is 0. The van der Waals surface area contributed by atoms with E-state index in [9.17, 15) is 0 Å². The number of hydroxylamine groups is 1. The highest BCUT2D eigenvalue weighted by atomic mass is 16.6. The maximum Gasteiger partial charge on any atom is 0.204 e. The van der Waals surface area contributed by atoms with Gasteiger partial charge in [0.25, 0.3) is 0 Å². The van der Waals surface area contributed by atoms with E-state index in [0.717, 1.165) is 36.2 Å². The van der Waals surface area contributed by atoms with Crippen LogP contribution in [0.2, 0.25) is 0 Å². The van der Waals surface area contributed by atoms with Gasteiger partial charge in [0, 0.05) is 23.1 Å². The summed E-state index contributed by atoms with van der Waals surface area (Å²) in [5.74, 6) is 1.92. The van der Waals surface area contributed by atoms with E-state index in [0.29, 0.717) is 23.9 Å². The van der Waals surface area contributed by atoms with Crippen LogP contribution in [0.15, 0.2) is 48.0 Å². The van der Waals surface area contributed by atoms with Crippen molar-refractivity contribution in [1.82, 2.24) is 10.4 Å². The second-order valence-corrected chi connectivity index (χ2v) is 7.61. The van der Waals surface area contributed by atoms with E-state index >= 15 is 0 Å². The molecule has 29 heavy (non-hydrogen) atoms. The number of hydrogen-bond donors (Lipinski definition) is 1. The van der Waals surface area contributed by atoms with Crippen molar-refractivity contribution in [2.45, 2.75) is 18.4 Å². The largest absolute Gasteiger partial charge is 0.493 e. The number of methoxy groups -OCH3 is 2. The Morgan fingerprint density at radius 3 is 2.55 bits per heavy atom. The molecule has 4 rings (SSSR count). The van der Waals surface area contributed by atoms with Gasteiger partial charge in [-0.3, -0.25) is 10.3 Å². The van der Waals surface area contributed by atoms with Crippen LogP contribution in [0.5, 0.6) is 17.2 Å². The summed E-state index contributed by atoms with van der Waals surface area (Å²) < 4.78 is 17.7. The standard InChI is InChI=1S/C23H28N2O4/c1-25(2)13-8-14-28-24-20-17-11-12-19(26-3)22(27-4)21(17)29-23(15-18(20)23)16-9-6-5-7-10-16/h5-7,9-12,24H,8,13-15H2,1-4H3. The fourth-order valence-corrected chi connectivity index (χ4v) is 3.86. The van der Waals surface area contributed by atoms with Gasteiger partial charge in [-0.15, -0.1) is 0 Å². The highest BCUT2D eigenvalue weighted by molar-refractivity contribution is 5.83. The maximum atomic E-state index is 6.57. The second kappa shape index (κ2) is 7.97. The second-order valence-electron chi connectivity index (χ2n) is 7.61. The zero-order valence-corrected chi connectivity index (χ0v) is 17.5. The smallest absolute Gasteiger partial charge is 0.204 e. The number of ether oxygens (including phenoxy) is 3. The molecule has 1 N–H and O–H groups in total. The third kappa shape index (κ3) is 3.54. The molecule has 0 aromatic heterocycles. The topological polar surface area (TPSA) is 52.2 Å². The van der Waals surface area contributed by atoms with Gasteiger partial charge in [-0.05, 0) is 39.2 Å². The molecule has 1 aliphatic heterocycles. The van der Waals surface area contributed by atoms with E-state index in [2.05, 4.69) is 36.6 Å². The normalized spacial score (nSPS) is 19.3. The number of nitrogens with one attached hydrogen (secondary N) is 1. The van der Waals surface area contributed by atoms with Crippen LogP contribution in [0.1, 0.15) is 24.0 Å². The number of hydrogen-bond acceptors (Lipinski definition) is 6. The molecule has 2 aromatic rings. The predicted octanol–water partition coefficient (Wildman–Crippen LogP) is 3.58. The Bertz CT molecular complexity index is 911. The molecule has 1 fully saturated rings. The fraction of sp³-hybridized carbons (Fsp3) is 0.391. The average Bonchev–Trinajstić information content (AvgIpc) is 3.48. The summed E-state index contributed by atoms with van der Waals surface area (Å²) >= 11 is 0. The first-order chi connectivity index (χ1) is 14.1. The quantitative estimate of drug-likeness (QED) is 0.517. The van der Waals surface area contributed by atoms with Gasteiger partial charge in [0.15, 0.2) is 17.1 Å². The van der Waals surface area contributed by atoms with Crippen molar-refractivity contribution in [3.8, 4) is 17.2 Å². The Hall–Kier alpha value is -2.70. The van der Waals surface area contributed by atoms with Crippen LogP contribution in [0.4, 0.5) is 0 Å². The van der Waals surface area contributed by atoms with Gasteiger partial charge in [-0.1, -0.05) is 30.3 Å². The Morgan fingerprint density at radius 1 is 1.07 bits per heavy atom. The molecular weight excluding hydrogens is 368 g/mol. The third-order valence-electron chi connectivity index (χ3n) is 5.40. The molecule has 0 spiro atoms. The lowest BCUT2D eigenvalue weighted by atomic mass is 10.0. The number of nitrogens with zero attached hydrogens (tertiary/aromatic N) is 1. The summed E-state index contributed by atoms with van der Waals surface area (Å²) in [6.07, 6.45) is 1.75. The van der Waals surface area contributed by atoms with Gasteiger partial charge < -0.3 is 19.1 Å². The summed E-state index contributed by atoms with van der Waals surface area (Å²) in [6.45, 7) is 1.60. The first-order valence-electron chi connectivity index (χ1n) is 9.86. The summed E-state index contributed by atoms with van der Waals surface area (Å²) in [6, 6.07) is 14.2. The lowest BCUT2D eigenvalue weighted by Crippen LogP contribution is -2.25. The Labute approximate surface area is 172 Å². The van der Waals surface area contributed by atoms with Crippen LogP contribution >= 0.6 is 0 Å². The zero-order valence-electron chi connectivity index (χ0n) is 17.5. The number of rotatable bonds is 9. The van der Waals surface area contributed by atoms with E-state index in [-0.39, 0.29) is 0 Å². The first kappa shape index (κ1) is 19.6. The van der Waals surface area contributed by atoms with Gasteiger partial charge in [-0.25, -0.2) is 0 Å². The number of benzene rings is 2. The van der Waals surface area contributed by atoms with Crippen LogP contribution in [0, 0.1) is 0 Å². The lowest BCUT2D eigenvalue weighted by Gasteiger charge is -2.28. The van der Waals surface area contributed by atoms with Gasteiger partial charge in [0.1, 0.15) is 0 Å². The molecule has 6 nitrogen and oxygen atoms in total. The molecule has 1 atom stereocenters. The van der Waals surface area contributed by atoms with Crippen molar-refractivity contribution in [3.63, 3.8) is 0 Å². The van der Waals surface area contributed by atoms with Crippen molar-refractivity contribution in [2.24, 2.45) is 0 Å². The van der Waals surface area contributed by atoms with E-state index in [1.807, 2.05) is 30.3 Å². The Balaban J connectivity index is 1.68. The molecule has 0 amide bonds. The van der Waals surface area contributed by atoms with Gasteiger partial charge in [0.2, 0.25) is 5.75 Å². The molecule has 0 saturated heterocycles. The molecular formula is C23H28N2O4. The lowest BCUT2D eigenvalue weighted by molar-refractivity contribution is 0.0706. The molecule has 0 radical (unpaired) electrons. The van der Waals surface area contributed by atoms with Crippen LogP contribution in [0.25, 0.3) is 5.70 Å². The predicted molar refractivity (Wildman–Crippen MR) is 112 cm³/mol. The summed E-state index contributed by atoms with van der Waals surface area (Å²) in [7, 11) is 7.38. The molecule has 2 aliphatic rings. The highest BCUT2D eigenvalue weighted by Gasteiger charge is 2.58. The van der Waals surface area contributed by atoms with Gasteiger partial charge >= 0.3 is 0 Å². The Kier molecular flexibility index (Phi) is 5.39. The van der Waals surface area contributed by atoms with Crippen molar-refractivity contribution in [1.29, 1.82) is 0 Å². The molecule has 0 bridgehead atoms. The van der Waals surface area contributed by atoms with E-state index in [1.165, 1.54) is 5.57 Å². The zero-order chi connectivity index (χ0) is 20.4. The van der Waals surface area contributed by atoms with Crippen molar-refractivity contribution in [3.05, 3.63) is 59.2 Å². The maximum absolute atomic E-state index is 6.57. The third-order valence-corrected chi connectivity index (χ3v) is 5.40. The van der Waals surface area contributed by atoms with Gasteiger partial charge in [0.05, 0.1) is 26.5 Å². The molecule has 1 saturated carbocycles. The van der Waals surface area contributed by atoms with Crippen LogP contribution in [-0.4, -0.2) is 46.4 Å². The van der Waals surface area contributed by atoms with Gasteiger partial charge in [-0.2, -0.15) is 0 Å². The van der Waals surface area contributed by atoms with E-state index < -0.39 is 5.60 Å². The molecule has 154 valence electrons.